The van der Waals surface area contributed by atoms with Gasteiger partial charge in [0, 0.05) is 44.8 Å². The van der Waals surface area contributed by atoms with Gasteiger partial charge >= 0.3 is 0 Å². The van der Waals surface area contributed by atoms with Crippen molar-refractivity contribution in [3.05, 3.63) is 30.1 Å². The molecule has 3 heterocycles. The molecular weight excluding hydrogens is 286 g/mol. The maximum Gasteiger partial charge on any atom is 0.222 e. The van der Waals surface area contributed by atoms with Crippen molar-refractivity contribution in [3.63, 3.8) is 0 Å². The number of fused-ring (bicyclic) bond motifs is 1. The first kappa shape index (κ1) is 16.4. The first-order valence-corrected chi connectivity index (χ1v) is 9.05. The molecule has 0 unspecified atom stereocenters. The third-order valence-electron chi connectivity index (χ3n) is 5.29. The van der Waals surface area contributed by atoms with E-state index in [1.54, 1.807) is 0 Å². The summed E-state index contributed by atoms with van der Waals surface area (Å²) in [5, 5.41) is 0. The van der Waals surface area contributed by atoms with Crippen LogP contribution in [-0.4, -0.2) is 46.4 Å². The minimum absolute atomic E-state index is 0.380. The van der Waals surface area contributed by atoms with E-state index in [4.69, 9.17) is 0 Å². The highest BCUT2D eigenvalue weighted by Crippen LogP contribution is 2.32. The van der Waals surface area contributed by atoms with Crippen LogP contribution in [0, 0.1) is 11.8 Å². The summed E-state index contributed by atoms with van der Waals surface area (Å²) >= 11 is 0. The van der Waals surface area contributed by atoms with Crippen LogP contribution in [0.25, 0.3) is 0 Å². The summed E-state index contributed by atoms with van der Waals surface area (Å²) in [6.07, 6.45) is 5.89. The van der Waals surface area contributed by atoms with Crippen LogP contribution >= 0.6 is 0 Å². The van der Waals surface area contributed by atoms with Gasteiger partial charge in [-0.25, -0.2) is 0 Å². The van der Waals surface area contributed by atoms with Crippen molar-refractivity contribution < 1.29 is 4.79 Å². The molecule has 3 rings (SSSR count). The van der Waals surface area contributed by atoms with Gasteiger partial charge in [0.1, 0.15) is 0 Å². The highest BCUT2D eigenvalue weighted by Gasteiger charge is 2.38. The molecule has 126 valence electrons. The van der Waals surface area contributed by atoms with Crippen LogP contribution in [0.1, 0.15) is 45.2 Å². The Kier molecular flexibility index (Phi) is 5.31. The molecule has 0 aromatic carbocycles. The monoisotopic (exact) mass is 315 g/mol. The average Bonchev–Trinajstić information content (AvgIpc) is 2.55. The zero-order valence-corrected chi connectivity index (χ0v) is 14.4. The highest BCUT2D eigenvalue weighted by atomic mass is 16.2. The van der Waals surface area contributed by atoms with Crippen LogP contribution in [0.2, 0.25) is 0 Å². The molecule has 0 aliphatic carbocycles. The molecule has 1 aromatic heterocycles. The van der Waals surface area contributed by atoms with Crippen molar-refractivity contribution >= 4 is 5.91 Å². The van der Waals surface area contributed by atoms with E-state index < -0.39 is 0 Å². The van der Waals surface area contributed by atoms with Gasteiger partial charge in [-0.15, -0.1) is 0 Å². The molecule has 23 heavy (non-hydrogen) atoms. The van der Waals surface area contributed by atoms with E-state index in [1.165, 1.54) is 0 Å². The standard InChI is InChI=1S/C19H29N3O/c1-15(2)8-12-22-18-9-11-21(13-16(18)6-7-19(22)23)14-17-5-3-4-10-20-17/h3-5,10,15-16,18H,6-9,11-14H2,1-2H3/t16-,18+/m0/s1. The molecule has 4 heteroatoms. The van der Waals surface area contributed by atoms with Gasteiger partial charge in [-0.05, 0) is 43.2 Å². The summed E-state index contributed by atoms with van der Waals surface area (Å²) in [6.45, 7) is 8.53. The maximum atomic E-state index is 12.3. The molecule has 4 nitrogen and oxygen atoms in total. The second kappa shape index (κ2) is 7.43. The van der Waals surface area contributed by atoms with Gasteiger partial charge in [0.2, 0.25) is 5.91 Å². The number of hydrogen-bond donors (Lipinski definition) is 0. The van der Waals surface area contributed by atoms with Gasteiger partial charge in [-0.2, -0.15) is 0 Å². The normalized spacial score (nSPS) is 25.7. The number of rotatable bonds is 5. The van der Waals surface area contributed by atoms with Crippen LogP contribution in [0.4, 0.5) is 0 Å². The van der Waals surface area contributed by atoms with Gasteiger partial charge in [0.05, 0.1) is 5.69 Å². The fourth-order valence-electron chi connectivity index (χ4n) is 3.98. The van der Waals surface area contributed by atoms with Crippen molar-refractivity contribution in [3.8, 4) is 0 Å². The molecule has 0 saturated carbocycles. The molecule has 2 aliphatic heterocycles. The van der Waals surface area contributed by atoms with Crippen molar-refractivity contribution in [1.82, 2.24) is 14.8 Å². The lowest BCUT2D eigenvalue weighted by Gasteiger charge is -2.47. The number of hydrogen-bond acceptors (Lipinski definition) is 3. The van der Waals surface area contributed by atoms with Gasteiger partial charge in [-0.1, -0.05) is 19.9 Å². The Morgan fingerprint density at radius 2 is 2.17 bits per heavy atom. The number of amides is 1. The van der Waals surface area contributed by atoms with E-state index in [0.717, 1.165) is 57.6 Å². The second-order valence-electron chi connectivity index (χ2n) is 7.48. The third kappa shape index (κ3) is 4.11. The number of piperidine rings is 2. The fraction of sp³-hybridized carbons (Fsp3) is 0.684. The molecule has 2 saturated heterocycles. The minimum Gasteiger partial charge on any atom is -0.339 e. The van der Waals surface area contributed by atoms with E-state index in [9.17, 15) is 4.79 Å². The Bertz CT molecular complexity index is 517. The fourth-order valence-corrected chi connectivity index (χ4v) is 3.98. The smallest absolute Gasteiger partial charge is 0.222 e. The highest BCUT2D eigenvalue weighted by molar-refractivity contribution is 5.77. The zero-order chi connectivity index (χ0) is 16.2. The van der Waals surface area contributed by atoms with E-state index in [0.29, 0.717) is 23.8 Å². The van der Waals surface area contributed by atoms with Gasteiger partial charge < -0.3 is 4.90 Å². The summed E-state index contributed by atoms with van der Waals surface area (Å²) in [5.74, 6) is 1.68. The first-order chi connectivity index (χ1) is 11.1. The topological polar surface area (TPSA) is 36.4 Å². The summed E-state index contributed by atoms with van der Waals surface area (Å²) < 4.78 is 0. The SMILES string of the molecule is CC(C)CCN1C(=O)CC[C@H]2CN(Cc3ccccn3)CC[C@H]21. The molecule has 2 fully saturated rings. The number of nitrogens with zero attached hydrogens (tertiary/aromatic N) is 3. The molecule has 0 radical (unpaired) electrons. The Hall–Kier alpha value is -1.42. The van der Waals surface area contributed by atoms with Crippen LogP contribution in [0.5, 0.6) is 0 Å². The molecule has 0 bridgehead atoms. The Balaban J connectivity index is 1.59. The maximum absolute atomic E-state index is 12.3. The number of carbonyl (C=O) groups excluding carboxylic acids is 1. The number of carbonyl (C=O) groups is 1. The zero-order valence-electron chi connectivity index (χ0n) is 14.4. The summed E-state index contributed by atoms with van der Waals surface area (Å²) in [6, 6.07) is 6.60. The van der Waals surface area contributed by atoms with Crippen LogP contribution in [0.15, 0.2) is 24.4 Å². The summed E-state index contributed by atoms with van der Waals surface area (Å²) in [5.41, 5.74) is 1.15. The molecule has 1 aromatic rings. The lowest BCUT2D eigenvalue weighted by Crippen LogP contribution is -2.56. The largest absolute Gasteiger partial charge is 0.339 e. The Morgan fingerprint density at radius 1 is 1.30 bits per heavy atom. The molecule has 2 atom stereocenters. The molecular formula is C19H29N3O. The van der Waals surface area contributed by atoms with Crippen molar-refractivity contribution in [2.75, 3.05) is 19.6 Å². The van der Waals surface area contributed by atoms with Crippen LogP contribution in [0.3, 0.4) is 0 Å². The second-order valence-corrected chi connectivity index (χ2v) is 7.48. The van der Waals surface area contributed by atoms with E-state index in [1.807, 2.05) is 12.3 Å². The Morgan fingerprint density at radius 3 is 2.91 bits per heavy atom. The molecule has 0 N–H and O–H groups in total. The minimum atomic E-state index is 0.380. The number of likely N-dealkylation sites (tertiary alicyclic amines) is 2. The predicted octanol–water partition coefficient (Wildman–Crippen LogP) is 2.94. The van der Waals surface area contributed by atoms with Crippen LogP contribution in [-0.2, 0) is 11.3 Å². The molecule has 0 spiro atoms. The summed E-state index contributed by atoms with van der Waals surface area (Å²) in [7, 11) is 0. The van der Waals surface area contributed by atoms with Crippen LogP contribution < -0.4 is 0 Å². The number of pyridine rings is 1. The lowest BCUT2D eigenvalue weighted by molar-refractivity contribution is -0.141. The molecule has 2 aliphatic rings. The average molecular weight is 315 g/mol. The van der Waals surface area contributed by atoms with Crippen molar-refractivity contribution in [2.45, 2.75) is 52.1 Å². The van der Waals surface area contributed by atoms with E-state index in [2.05, 4.69) is 40.8 Å². The van der Waals surface area contributed by atoms with Gasteiger partial charge in [0.15, 0.2) is 0 Å². The van der Waals surface area contributed by atoms with Gasteiger partial charge in [-0.3, -0.25) is 14.7 Å². The van der Waals surface area contributed by atoms with Crippen molar-refractivity contribution in [1.29, 1.82) is 0 Å². The quantitative estimate of drug-likeness (QED) is 0.838. The molecule has 1 amide bonds. The van der Waals surface area contributed by atoms with Gasteiger partial charge in [0.25, 0.3) is 0 Å². The third-order valence-corrected chi connectivity index (χ3v) is 5.29. The summed E-state index contributed by atoms with van der Waals surface area (Å²) in [4.78, 5) is 21.5. The van der Waals surface area contributed by atoms with Crippen molar-refractivity contribution in [2.24, 2.45) is 11.8 Å². The first-order valence-electron chi connectivity index (χ1n) is 9.05. The number of aromatic nitrogens is 1. The predicted molar refractivity (Wildman–Crippen MR) is 91.8 cm³/mol. The van der Waals surface area contributed by atoms with E-state index in [-0.39, 0.29) is 0 Å². The Labute approximate surface area is 139 Å². The van der Waals surface area contributed by atoms with E-state index >= 15 is 0 Å². The lowest BCUT2D eigenvalue weighted by atomic mass is 9.83.